The number of aromatic hydroxyl groups is 2. The van der Waals surface area contributed by atoms with Gasteiger partial charge in [0.2, 0.25) is 0 Å². The van der Waals surface area contributed by atoms with Gasteiger partial charge in [-0.05, 0) is 26.7 Å². The Hall–Kier alpha value is -2.76. The lowest BCUT2D eigenvalue weighted by atomic mass is 9.91. The van der Waals surface area contributed by atoms with Crippen molar-refractivity contribution in [2.24, 2.45) is 9.98 Å². The van der Waals surface area contributed by atoms with Crippen molar-refractivity contribution in [3.63, 3.8) is 0 Å². The van der Waals surface area contributed by atoms with Gasteiger partial charge < -0.3 is 10.2 Å². The lowest BCUT2D eigenvalue weighted by molar-refractivity contribution is 0.390. The monoisotopic (exact) mass is 352 g/mol. The summed E-state index contributed by atoms with van der Waals surface area (Å²) in [5, 5.41) is 20.2. The number of aryl methyl sites for hydroxylation is 2. The first-order valence-corrected chi connectivity index (χ1v) is 8.89. The van der Waals surface area contributed by atoms with E-state index in [4.69, 9.17) is 0 Å². The zero-order chi connectivity index (χ0) is 18.5. The molecule has 6 nitrogen and oxygen atoms in total. The van der Waals surface area contributed by atoms with E-state index in [1.165, 1.54) is 0 Å². The first kappa shape index (κ1) is 18.0. The van der Waals surface area contributed by atoms with Crippen molar-refractivity contribution in [2.45, 2.75) is 51.6 Å². The second-order valence-electron chi connectivity index (χ2n) is 6.76. The summed E-state index contributed by atoms with van der Waals surface area (Å²) in [6, 6.07) is 0.111. The fourth-order valence-electron chi connectivity index (χ4n) is 3.14. The number of pyridine rings is 2. The quantitative estimate of drug-likeness (QED) is 0.826. The Morgan fingerprint density at radius 3 is 1.65 bits per heavy atom. The molecule has 2 heterocycles. The van der Waals surface area contributed by atoms with Crippen LogP contribution in [0, 0.1) is 13.8 Å². The Labute approximate surface area is 153 Å². The normalized spacial score (nSPS) is 20.8. The summed E-state index contributed by atoms with van der Waals surface area (Å²) in [5.41, 5.74) is 2.71. The van der Waals surface area contributed by atoms with Crippen molar-refractivity contribution in [3.05, 3.63) is 47.0 Å². The molecular weight excluding hydrogens is 328 g/mol. The van der Waals surface area contributed by atoms with E-state index in [1.54, 1.807) is 37.2 Å². The third kappa shape index (κ3) is 4.07. The standard InChI is InChI=1S/C20H24N4O2/c1-13-7-21-9-15(19(13)25)11-23-17-5-3-4-6-18(17)24-12-16-10-22-8-14(2)20(16)26/h7-12,17-18H,3-6H2,1-2H3,(H,21,25)(H,22,26)/b23-11+,24-12+. The summed E-state index contributed by atoms with van der Waals surface area (Å²) in [7, 11) is 0. The maximum atomic E-state index is 10.1. The number of nitrogens with zero attached hydrogens (tertiary/aromatic N) is 4. The number of aromatic nitrogens is 2. The van der Waals surface area contributed by atoms with Crippen molar-refractivity contribution >= 4 is 12.4 Å². The molecule has 1 aliphatic carbocycles. The molecule has 0 amide bonds. The van der Waals surface area contributed by atoms with Crippen molar-refractivity contribution in [1.29, 1.82) is 0 Å². The molecule has 2 unspecified atom stereocenters. The third-order valence-corrected chi connectivity index (χ3v) is 4.76. The Bertz CT molecular complexity index is 763. The highest BCUT2D eigenvalue weighted by molar-refractivity contribution is 5.84. The van der Waals surface area contributed by atoms with E-state index >= 15 is 0 Å². The summed E-state index contributed by atoms with van der Waals surface area (Å²) in [6.45, 7) is 3.63. The van der Waals surface area contributed by atoms with Gasteiger partial charge in [0.25, 0.3) is 0 Å². The van der Waals surface area contributed by atoms with Crippen LogP contribution in [0.2, 0.25) is 0 Å². The van der Waals surface area contributed by atoms with E-state index in [0.717, 1.165) is 36.8 Å². The molecule has 0 saturated heterocycles. The summed E-state index contributed by atoms with van der Waals surface area (Å²) in [6.07, 6.45) is 14.0. The molecule has 0 bridgehead atoms. The molecule has 2 N–H and O–H groups in total. The van der Waals surface area contributed by atoms with Crippen LogP contribution in [0.3, 0.4) is 0 Å². The molecule has 0 radical (unpaired) electrons. The van der Waals surface area contributed by atoms with Gasteiger partial charge in [-0.3, -0.25) is 20.0 Å². The van der Waals surface area contributed by atoms with E-state index in [0.29, 0.717) is 11.1 Å². The van der Waals surface area contributed by atoms with Crippen LogP contribution in [0.4, 0.5) is 0 Å². The molecule has 3 rings (SSSR count). The van der Waals surface area contributed by atoms with Gasteiger partial charge in [-0.2, -0.15) is 0 Å². The van der Waals surface area contributed by atoms with Crippen LogP contribution < -0.4 is 0 Å². The molecule has 6 heteroatoms. The molecule has 136 valence electrons. The fraction of sp³-hybridized carbons (Fsp3) is 0.400. The van der Waals surface area contributed by atoms with Crippen LogP contribution in [0.5, 0.6) is 11.5 Å². The number of hydrogen-bond acceptors (Lipinski definition) is 6. The third-order valence-electron chi connectivity index (χ3n) is 4.76. The van der Waals surface area contributed by atoms with Crippen LogP contribution in [0.25, 0.3) is 0 Å². The van der Waals surface area contributed by atoms with Crippen LogP contribution in [-0.4, -0.2) is 44.7 Å². The molecule has 2 aromatic heterocycles. The van der Waals surface area contributed by atoms with Gasteiger partial charge in [-0.1, -0.05) is 12.8 Å². The predicted molar refractivity (Wildman–Crippen MR) is 103 cm³/mol. The summed E-state index contributed by atoms with van der Waals surface area (Å²) in [4.78, 5) is 17.6. The average molecular weight is 352 g/mol. The van der Waals surface area contributed by atoms with Crippen LogP contribution >= 0.6 is 0 Å². The van der Waals surface area contributed by atoms with E-state index < -0.39 is 0 Å². The molecule has 0 aliphatic heterocycles. The lowest BCUT2D eigenvalue weighted by Crippen LogP contribution is -2.27. The van der Waals surface area contributed by atoms with E-state index in [9.17, 15) is 10.2 Å². The lowest BCUT2D eigenvalue weighted by Gasteiger charge is -2.25. The van der Waals surface area contributed by atoms with Crippen LogP contribution in [0.15, 0.2) is 34.8 Å². The van der Waals surface area contributed by atoms with Crippen molar-refractivity contribution in [1.82, 2.24) is 9.97 Å². The predicted octanol–water partition coefficient (Wildman–Crippen LogP) is 3.35. The highest BCUT2D eigenvalue weighted by Crippen LogP contribution is 2.26. The molecular formula is C20H24N4O2. The van der Waals surface area contributed by atoms with Gasteiger partial charge in [-0.25, -0.2) is 0 Å². The molecule has 2 atom stereocenters. The number of rotatable bonds is 4. The minimum absolute atomic E-state index is 0.0554. The number of hydrogen-bond donors (Lipinski definition) is 2. The van der Waals surface area contributed by atoms with Gasteiger partial charge in [0.1, 0.15) is 11.5 Å². The summed E-state index contributed by atoms with van der Waals surface area (Å²) in [5.74, 6) is 0.436. The fourth-order valence-corrected chi connectivity index (χ4v) is 3.14. The van der Waals surface area contributed by atoms with E-state index in [2.05, 4.69) is 20.0 Å². The van der Waals surface area contributed by atoms with Crippen molar-refractivity contribution < 1.29 is 10.2 Å². The zero-order valence-corrected chi connectivity index (χ0v) is 15.1. The largest absolute Gasteiger partial charge is 0.507 e. The molecule has 0 spiro atoms. The van der Waals surface area contributed by atoms with Gasteiger partial charge in [0.15, 0.2) is 0 Å². The Balaban J connectivity index is 1.77. The zero-order valence-electron chi connectivity index (χ0n) is 15.1. The molecule has 26 heavy (non-hydrogen) atoms. The Kier molecular flexibility index (Phi) is 5.61. The van der Waals surface area contributed by atoms with Crippen LogP contribution in [0.1, 0.15) is 47.9 Å². The summed E-state index contributed by atoms with van der Waals surface area (Å²) < 4.78 is 0. The van der Waals surface area contributed by atoms with Gasteiger partial charge in [0.05, 0.1) is 23.2 Å². The van der Waals surface area contributed by atoms with Gasteiger partial charge in [-0.15, -0.1) is 0 Å². The number of aliphatic imine (C=N–C) groups is 2. The molecule has 1 fully saturated rings. The first-order chi connectivity index (χ1) is 12.6. The Morgan fingerprint density at radius 1 is 0.808 bits per heavy atom. The second kappa shape index (κ2) is 8.08. The minimum atomic E-state index is 0.0554. The molecule has 0 aromatic carbocycles. The first-order valence-electron chi connectivity index (χ1n) is 8.89. The Morgan fingerprint density at radius 2 is 1.23 bits per heavy atom. The smallest absolute Gasteiger partial charge is 0.130 e. The highest BCUT2D eigenvalue weighted by atomic mass is 16.3. The van der Waals surface area contributed by atoms with Gasteiger partial charge in [0, 0.05) is 48.3 Å². The second-order valence-corrected chi connectivity index (χ2v) is 6.76. The minimum Gasteiger partial charge on any atom is -0.507 e. The van der Waals surface area contributed by atoms with E-state index in [-0.39, 0.29) is 23.6 Å². The van der Waals surface area contributed by atoms with Gasteiger partial charge >= 0.3 is 0 Å². The van der Waals surface area contributed by atoms with E-state index in [1.807, 2.05) is 13.8 Å². The van der Waals surface area contributed by atoms with Crippen molar-refractivity contribution in [2.75, 3.05) is 0 Å². The maximum absolute atomic E-state index is 10.1. The van der Waals surface area contributed by atoms with Crippen LogP contribution in [-0.2, 0) is 0 Å². The topological polar surface area (TPSA) is 91.0 Å². The van der Waals surface area contributed by atoms with Crippen molar-refractivity contribution in [3.8, 4) is 11.5 Å². The maximum Gasteiger partial charge on any atom is 0.130 e. The molecule has 1 aliphatic rings. The molecule has 1 saturated carbocycles. The molecule has 2 aromatic rings. The SMILES string of the molecule is Cc1cncc(/C=N/C2CCCCC2/N=C/c2cncc(C)c2O)c1O. The average Bonchev–Trinajstić information content (AvgIpc) is 2.65. The highest BCUT2D eigenvalue weighted by Gasteiger charge is 2.23. The summed E-state index contributed by atoms with van der Waals surface area (Å²) >= 11 is 0.